The highest BCUT2D eigenvalue weighted by Gasteiger charge is 2.14. The molecule has 2 aromatic rings. The molecule has 1 amide bonds. The summed E-state index contributed by atoms with van der Waals surface area (Å²) in [5, 5.41) is 7.36. The van der Waals surface area contributed by atoms with Crippen molar-refractivity contribution in [2.45, 2.75) is 39.7 Å². The summed E-state index contributed by atoms with van der Waals surface area (Å²) in [6.45, 7) is 7.03. The van der Waals surface area contributed by atoms with E-state index in [4.69, 9.17) is 0 Å². The normalized spacial score (nSPS) is 12.6. The number of aromatic nitrogens is 4. The molecule has 0 saturated carbocycles. The summed E-state index contributed by atoms with van der Waals surface area (Å²) in [7, 11) is 1.81. The Morgan fingerprint density at radius 3 is 2.77 bits per heavy atom. The summed E-state index contributed by atoms with van der Waals surface area (Å²) < 4.78 is 3.70. The number of aryl methyl sites for hydroxylation is 1. The van der Waals surface area contributed by atoms with Gasteiger partial charge in [-0.3, -0.25) is 9.48 Å². The van der Waals surface area contributed by atoms with Gasteiger partial charge in [-0.25, -0.2) is 4.98 Å². The van der Waals surface area contributed by atoms with Crippen molar-refractivity contribution in [1.82, 2.24) is 24.6 Å². The van der Waals surface area contributed by atoms with Crippen LogP contribution in [0.4, 0.5) is 0 Å². The zero-order chi connectivity index (χ0) is 16.1. The number of nitrogens with zero attached hydrogens (tertiary/aromatic N) is 4. The van der Waals surface area contributed by atoms with Crippen molar-refractivity contribution < 1.29 is 4.79 Å². The van der Waals surface area contributed by atoms with Crippen molar-refractivity contribution in [3.05, 3.63) is 36.2 Å². The van der Waals surface area contributed by atoms with Crippen molar-refractivity contribution >= 4 is 5.91 Å². The lowest BCUT2D eigenvalue weighted by Crippen LogP contribution is -2.27. The van der Waals surface area contributed by atoms with Gasteiger partial charge in [-0.2, -0.15) is 5.10 Å². The minimum Gasteiger partial charge on any atom is -0.351 e. The van der Waals surface area contributed by atoms with Gasteiger partial charge in [0.1, 0.15) is 5.69 Å². The summed E-state index contributed by atoms with van der Waals surface area (Å²) in [6.07, 6.45) is 7.25. The maximum Gasteiger partial charge on any atom is 0.269 e. The van der Waals surface area contributed by atoms with Crippen LogP contribution in [0, 0.1) is 5.92 Å². The van der Waals surface area contributed by atoms with E-state index in [0.717, 1.165) is 18.5 Å². The third kappa shape index (κ3) is 4.19. The quantitative estimate of drug-likeness (QED) is 0.853. The van der Waals surface area contributed by atoms with Crippen LogP contribution in [-0.4, -0.2) is 31.8 Å². The van der Waals surface area contributed by atoms with E-state index in [1.807, 2.05) is 23.9 Å². The van der Waals surface area contributed by atoms with Gasteiger partial charge < -0.3 is 9.88 Å². The molecule has 0 fully saturated rings. The van der Waals surface area contributed by atoms with Crippen molar-refractivity contribution in [2.24, 2.45) is 13.0 Å². The molecule has 6 heteroatoms. The fourth-order valence-corrected chi connectivity index (χ4v) is 2.42. The Kier molecular flexibility index (Phi) is 5.35. The van der Waals surface area contributed by atoms with Crippen LogP contribution in [0.2, 0.25) is 0 Å². The first-order chi connectivity index (χ1) is 10.5. The Labute approximate surface area is 131 Å². The molecule has 6 nitrogen and oxygen atoms in total. The average molecular weight is 303 g/mol. The van der Waals surface area contributed by atoms with E-state index >= 15 is 0 Å². The molecule has 0 aromatic carbocycles. The van der Waals surface area contributed by atoms with Crippen LogP contribution in [0.3, 0.4) is 0 Å². The van der Waals surface area contributed by atoms with Crippen molar-refractivity contribution in [3.8, 4) is 0 Å². The van der Waals surface area contributed by atoms with E-state index in [0.29, 0.717) is 24.2 Å². The average Bonchev–Trinajstić information content (AvgIpc) is 3.07. The molecule has 22 heavy (non-hydrogen) atoms. The maximum absolute atomic E-state index is 12.2. The largest absolute Gasteiger partial charge is 0.351 e. The van der Waals surface area contributed by atoms with Crippen molar-refractivity contribution in [3.63, 3.8) is 0 Å². The third-order valence-electron chi connectivity index (χ3n) is 3.66. The Balaban J connectivity index is 1.86. The molecule has 0 unspecified atom stereocenters. The predicted octanol–water partition coefficient (Wildman–Crippen LogP) is 2.20. The number of amides is 1. The van der Waals surface area contributed by atoms with E-state index in [1.165, 1.54) is 0 Å². The van der Waals surface area contributed by atoms with Gasteiger partial charge in [0, 0.05) is 32.0 Å². The molecule has 2 heterocycles. The second-order valence-electron chi connectivity index (χ2n) is 6.15. The summed E-state index contributed by atoms with van der Waals surface area (Å²) in [6, 6.07) is 2.19. The molecule has 1 atom stereocenters. The van der Waals surface area contributed by atoms with Crippen LogP contribution < -0.4 is 5.32 Å². The van der Waals surface area contributed by atoms with E-state index in [-0.39, 0.29) is 5.91 Å². The smallest absolute Gasteiger partial charge is 0.269 e. The van der Waals surface area contributed by atoms with Crippen LogP contribution in [-0.2, 0) is 13.5 Å². The molecule has 0 saturated heterocycles. The number of hydrogen-bond acceptors (Lipinski definition) is 3. The number of hydrogen-bond donors (Lipinski definition) is 1. The molecule has 0 aliphatic heterocycles. The van der Waals surface area contributed by atoms with Gasteiger partial charge in [0.05, 0.1) is 12.0 Å². The minimum atomic E-state index is -0.0668. The molecule has 0 bridgehead atoms. The number of carbonyl (C=O) groups excluding carboxylic acids is 1. The summed E-state index contributed by atoms with van der Waals surface area (Å²) in [4.78, 5) is 16.3. The molecule has 0 spiro atoms. The molecule has 0 aliphatic rings. The first kappa shape index (κ1) is 16.3. The van der Waals surface area contributed by atoms with Crippen LogP contribution >= 0.6 is 0 Å². The lowest BCUT2D eigenvalue weighted by molar-refractivity contribution is 0.0942. The van der Waals surface area contributed by atoms with E-state index < -0.39 is 0 Å². The fourth-order valence-electron chi connectivity index (χ4n) is 2.42. The van der Waals surface area contributed by atoms with Gasteiger partial charge in [-0.05, 0) is 31.7 Å². The molecule has 120 valence electrons. The van der Waals surface area contributed by atoms with Crippen LogP contribution in [0.5, 0.6) is 0 Å². The lowest BCUT2D eigenvalue weighted by atomic mass is 10.1. The topological polar surface area (TPSA) is 64.7 Å². The monoisotopic (exact) mass is 303 g/mol. The Hall–Kier alpha value is -2.11. The number of imidazole rings is 1. The first-order valence-electron chi connectivity index (χ1n) is 7.76. The highest BCUT2D eigenvalue weighted by Crippen LogP contribution is 2.10. The minimum absolute atomic E-state index is 0.0668. The van der Waals surface area contributed by atoms with Gasteiger partial charge in [-0.1, -0.05) is 13.8 Å². The Bertz CT molecular complexity index is 600. The Morgan fingerprint density at radius 2 is 2.14 bits per heavy atom. The van der Waals surface area contributed by atoms with Gasteiger partial charge in [-0.15, -0.1) is 0 Å². The van der Waals surface area contributed by atoms with Crippen molar-refractivity contribution in [1.29, 1.82) is 0 Å². The molecule has 2 rings (SSSR count). The van der Waals surface area contributed by atoms with Gasteiger partial charge >= 0.3 is 0 Å². The molecular formula is C16H25N5O. The van der Waals surface area contributed by atoms with Gasteiger partial charge in [0.15, 0.2) is 0 Å². The maximum atomic E-state index is 12.2. The zero-order valence-electron chi connectivity index (χ0n) is 13.8. The van der Waals surface area contributed by atoms with Crippen molar-refractivity contribution in [2.75, 3.05) is 6.54 Å². The van der Waals surface area contributed by atoms with Gasteiger partial charge in [0.25, 0.3) is 5.91 Å². The lowest BCUT2D eigenvalue weighted by Gasteiger charge is -2.13. The first-order valence-corrected chi connectivity index (χ1v) is 7.76. The molecular weight excluding hydrogens is 278 g/mol. The highest BCUT2D eigenvalue weighted by atomic mass is 16.2. The van der Waals surface area contributed by atoms with Crippen LogP contribution in [0.25, 0.3) is 0 Å². The highest BCUT2D eigenvalue weighted by molar-refractivity contribution is 5.92. The summed E-state index contributed by atoms with van der Waals surface area (Å²) in [5.74, 6) is 0.463. The predicted molar refractivity (Wildman–Crippen MR) is 85.6 cm³/mol. The number of nitrogens with one attached hydrogen (secondary N) is 1. The summed E-state index contributed by atoms with van der Waals surface area (Å²) in [5.41, 5.74) is 1.58. The molecule has 0 radical (unpaired) electrons. The summed E-state index contributed by atoms with van der Waals surface area (Å²) >= 11 is 0. The number of carbonyl (C=O) groups is 1. The number of rotatable bonds is 7. The van der Waals surface area contributed by atoms with Crippen LogP contribution in [0.1, 0.15) is 49.4 Å². The standard InChI is InChI=1S/C16H25N5O/c1-12(2)9-14-10-15(20(4)19-14)16(22)18-6-5-13(3)21-8-7-17-11-21/h7-8,10-13H,5-6,9H2,1-4H3,(H,18,22)/t13-/m1/s1. The second-order valence-corrected chi connectivity index (χ2v) is 6.15. The SMILES string of the molecule is CC(C)Cc1cc(C(=O)NCC[C@@H](C)n2ccnc2)n(C)n1. The van der Waals surface area contributed by atoms with Crippen LogP contribution in [0.15, 0.2) is 24.8 Å². The molecule has 0 aliphatic carbocycles. The zero-order valence-corrected chi connectivity index (χ0v) is 13.8. The van der Waals surface area contributed by atoms with Gasteiger partial charge in [0.2, 0.25) is 0 Å². The van der Waals surface area contributed by atoms with E-state index in [1.54, 1.807) is 17.2 Å². The van der Waals surface area contributed by atoms with E-state index in [9.17, 15) is 4.79 Å². The molecule has 1 N–H and O–H groups in total. The molecule has 2 aromatic heterocycles. The second kappa shape index (κ2) is 7.24. The third-order valence-corrected chi connectivity index (χ3v) is 3.66. The Morgan fingerprint density at radius 1 is 1.36 bits per heavy atom. The fraction of sp³-hybridized carbons (Fsp3) is 0.562. The van der Waals surface area contributed by atoms with E-state index in [2.05, 4.69) is 36.2 Å².